The lowest BCUT2D eigenvalue weighted by atomic mass is 9.96. The van der Waals surface area contributed by atoms with Crippen LogP contribution in [-0.4, -0.2) is 310 Å². The first-order chi connectivity index (χ1) is 37.6. The standard InChI is InChI=1S/C47H84N6O26/c1-23-32(61)36(65)39(68)44(75-23)72-15-13-51-28(57)10-6-4-8-12-50-30(59)18-53(17-29(58)49-11-7-3-5-9-27(56)48-2)19-31(60)52-14-16-73-46-42(71)43(79-47-41(70)38(67)34(63)25(21-55)77-47)35(64)26(78-46)22-74-45-40(69)37(66)33(62)24(20-54)76-45/h23-26,32-47,54-55,61-71H,3-22H2,1-2H3,(H,48,56)(H,49,58)(H,50,59)(H,51,57)(H,52,60)/t23-,24+,25+,26+,32+,33+,34+,35+,36+,37-,38-,39-,40-,41-,42-,43-,44+,45-,46-,47+/m0/s1. The van der Waals surface area contributed by atoms with E-state index in [1.807, 2.05) is 0 Å². The van der Waals surface area contributed by atoms with Crippen LogP contribution >= 0.6 is 0 Å². The Bertz CT molecular complexity index is 1830. The van der Waals surface area contributed by atoms with E-state index in [0.29, 0.717) is 44.9 Å². The molecule has 0 aromatic heterocycles. The Morgan fingerprint density at radius 1 is 0.430 bits per heavy atom. The number of amides is 5. The number of aliphatic hydroxyl groups excluding tert-OH is 13. The molecule has 0 saturated carbocycles. The van der Waals surface area contributed by atoms with E-state index in [9.17, 15) is 90.4 Å². The molecule has 4 heterocycles. The lowest BCUT2D eigenvalue weighted by Gasteiger charge is -2.46. The quantitative estimate of drug-likeness (QED) is 0.0271. The van der Waals surface area contributed by atoms with Crippen LogP contribution in [0.4, 0.5) is 0 Å². The summed E-state index contributed by atoms with van der Waals surface area (Å²) in [6.07, 6.45) is -28.7. The molecule has 0 aliphatic carbocycles. The molecule has 32 heteroatoms. The Kier molecular flexibility index (Phi) is 29.9. The van der Waals surface area contributed by atoms with Gasteiger partial charge in [0.1, 0.15) is 91.6 Å². The summed E-state index contributed by atoms with van der Waals surface area (Å²) in [6.45, 7) is -2.20. The molecule has 18 N–H and O–H groups in total. The summed E-state index contributed by atoms with van der Waals surface area (Å²) < 4.78 is 44.3. The van der Waals surface area contributed by atoms with Crippen LogP contribution in [0.15, 0.2) is 0 Å². The minimum absolute atomic E-state index is 0.0319. The second-order valence-electron chi connectivity index (χ2n) is 19.6. The predicted octanol–water partition coefficient (Wildman–Crippen LogP) is -10.1. The van der Waals surface area contributed by atoms with Crippen molar-refractivity contribution in [1.29, 1.82) is 0 Å². The SMILES string of the molecule is CNC(=O)CCCCCNC(=O)CN(CC(=O)NCCCCCC(=O)NCCO[C@@H]1O[C@@H](C)[C@@H](O)[C@@H](O)[C@@H]1O)CC(=O)NCCO[C@H]1O[C@H](CO[C@H]2O[C@H](CO)[C@@H](O)[C@H](O)[C@@H]2O)[C@@H](O)[C@H](O[C@H]2O[C@H](CO)[C@@H](O)[C@H](O)[C@@H]2O)[C@@H]1O. The van der Waals surface area contributed by atoms with Crippen molar-refractivity contribution < 1.29 is 128 Å². The molecule has 0 unspecified atom stereocenters. The number of rotatable bonds is 33. The minimum atomic E-state index is -1.97. The van der Waals surface area contributed by atoms with Gasteiger partial charge in [-0.15, -0.1) is 0 Å². The van der Waals surface area contributed by atoms with Gasteiger partial charge in [0.2, 0.25) is 29.5 Å². The Labute approximate surface area is 455 Å². The summed E-state index contributed by atoms with van der Waals surface area (Å²) >= 11 is 0. The van der Waals surface area contributed by atoms with Crippen molar-refractivity contribution in [2.75, 3.05) is 85.9 Å². The zero-order chi connectivity index (χ0) is 58.3. The summed E-state index contributed by atoms with van der Waals surface area (Å²) in [7, 11) is 1.53. The van der Waals surface area contributed by atoms with Crippen LogP contribution in [0.3, 0.4) is 0 Å². The van der Waals surface area contributed by atoms with Crippen LogP contribution in [0.5, 0.6) is 0 Å². The van der Waals surface area contributed by atoms with E-state index in [4.69, 9.17) is 37.9 Å². The molecule has 20 atom stereocenters. The maximum Gasteiger partial charge on any atom is 0.234 e. The van der Waals surface area contributed by atoms with Gasteiger partial charge in [0, 0.05) is 46.1 Å². The van der Waals surface area contributed by atoms with Crippen LogP contribution in [0.2, 0.25) is 0 Å². The fourth-order valence-electron chi connectivity index (χ4n) is 8.74. The number of hydrogen-bond donors (Lipinski definition) is 18. The first kappa shape index (κ1) is 68.0. The number of carbonyl (C=O) groups is 5. The summed E-state index contributed by atoms with van der Waals surface area (Å²) in [5, 5.41) is 147. The van der Waals surface area contributed by atoms with Crippen LogP contribution in [0.25, 0.3) is 0 Å². The number of hydrogen-bond acceptors (Lipinski definition) is 27. The van der Waals surface area contributed by atoms with Crippen molar-refractivity contribution in [3.05, 3.63) is 0 Å². The van der Waals surface area contributed by atoms with Crippen LogP contribution in [0, 0.1) is 0 Å². The number of ether oxygens (including phenoxy) is 8. The van der Waals surface area contributed by atoms with Gasteiger partial charge >= 0.3 is 0 Å². The van der Waals surface area contributed by atoms with Crippen molar-refractivity contribution >= 4 is 29.5 Å². The van der Waals surface area contributed by atoms with Gasteiger partial charge < -0.3 is 131 Å². The van der Waals surface area contributed by atoms with Gasteiger partial charge in [0.05, 0.1) is 58.8 Å². The van der Waals surface area contributed by atoms with E-state index in [-0.39, 0.29) is 64.1 Å². The number of unbranched alkanes of at least 4 members (excludes halogenated alkanes) is 4. The van der Waals surface area contributed by atoms with Crippen molar-refractivity contribution in [3.63, 3.8) is 0 Å². The van der Waals surface area contributed by atoms with E-state index < -0.39 is 174 Å². The fourth-order valence-corrected chi connectivity index (χ4v) is 8.74. The third kappa shape index (κ3) is 21.3. The first-order valence-corrected chi connectivity index (χ1v) is 26.4. The molecule has 0 spiro atoms. The van der Waals surface area contributed by atoms with E-state index in [1.54, 1.807) is 0 Å². The highest BCUT2D eigenvalue weighted by atomic mass is 16.8. The summed E-state index contributed by atoms with van der Waals surface area (Å²) in [5.41, 5.74) is 0. The second-order valence-corrected chi connectivity index (χ2v) is 19.6. The minimum Gasteiger partial charge on any atom is -0.394 e. The van der Waals surface area contributed by atoms with Gasteiger partial charge in [0.25, 0.3) is 0 Å². The van der Waals surface area contributed by atoms with Crippen molar-refractivity contribution in [2.45, 2.75) is 181 Å². The zero-order valence-electron chi connectivity index (χ0n) is 44.3. The molecule has 4 saturated heterocycles. The molecule has 5 amide bonds. The van der Waals surface area contributed by atoms with E-state index in [1.165, 1.54) is 18.9 Å². The molecular formula is C47H84N6O26. The van der Waals surface area contributed by atoms with Gasteiger partial charge in [-0.2, -0.15) is 0 Å². The monoisotopic (exact) mass is 1150 g/mol. The molecule has 0 aromatic carbocycles. The number of nitrogens with one attached hydrogen (secondary N) is 5. The Hall–Kier alpha value is -3.53. The molecule has 0 radical (unpaired) electrons. The second kappa shape index (κ2) is 34.8. The van der Waals surface area contributed by atoms with Crippen LogP contribution in [0.1, 0.15) is 58.3 Å². The highest BCUT2D eigenvalue weighted by Gasteiger charge is 2.52. The van der Waals surface area contributed by atoms with Gasteiger partial charge in [-0.3, -0.25) is 28.9 Å². The maximum atomic E-state index is 13.3. The van der Waals surface area contributed by atoms with Gasteiger partial charge in [0.15, 0.2) is 25.2 Å². The molecule has 32 nitrogen and oxygen atoms in total. The van der Waals surface area contributed by atoms with E-state index in [2.05, 4.69) is 26.6 Å². The van der Waals surface area contributed by atoms with E-state index >= 15 is 0 Å². The van der Waals surface area contributed by atoms with Crippen molar-refractivity contribution in [2.24, 2.45) is 0 Å². The smallest absolute Gasteiger partial charge is 0.234 e. The molecular weight excluding hydrogens is 1060 g/mol. The average molecular weight is 1150 g/mol. The normalized spacial score (nSPS) is 34.9. The average Bonchev–Trinajstić information content (AvgIpc) is 3.44. The van der Waals surface area contributed by atoms with Crippen molar-refractivity contribution in [3.8, 4) is 0 Å². The van der Waals surface area contributed by atoms with Gasteiger partial charge in [-0.05, 0) is 32.6 Å². The fraction of sp³-hybridized carbons (Fsp3) is 0.894. The van der Waals surface area contributed by atoms with Gasteiger partial charge in [-0.25, -0.2) is 0 Å². The molecule has 0 bridgehead atoms. The lowest BCUT2D eigenvalue weighted by Crippen LogP contribution is -2.65. The third-order valence-corrected chi connectivity index (χ3v) is 13.5. The highest BCUT2D eigenvalue weighted by molar-refractivity contribution is 5.84. The molecule has 4 rings (SSSR count). The largest absolute Gasteiger partial charge is 0.394 e. The zero-order valence-corrected chi connectivity index (χ0v) is 44.3. The Morgan fingerprint density at radius 3 is 1.35 bits per heavy atom. The van der Waals surface area contributed by atoms with Gasteiger partial charge in [-0.1, -0.05) is 12.8 Å². The first-order valence-electron chi connectivity index (χ1n) is 26.4. The third-order valence-electron chi connectivity index (χ3n) is 13.5. The van der Waals surface area contributed by atoms with E-state index in [0.717, 1.165) is 0 Å². The van der Waals surface area contributed by atoms with Crippen LogP contribution in [-0.2, 0) is 61.9 Å². The molecule has 79 heavy (non-hydrogen) atoms. The highest BCUT2D eigenvalue weighted by Crippen LogP contribution is 2.31. The maximum absolute atomic E-state index is 13.3. The molecule has 458 valence electrons. The summed E-state index contributed by atoms with van der Waals surface area (Å²) in [6, 6.07) is 0. The van der Waals surface area contributed by atoms with Crippen LogP contribution < -0.4 is 26.6 Å². The predicted molar refractivity (Wildman–Crippen MR) is 263 cm³/mol. The number of aliphatic hydroxyl groups is 13. The molecule has 4 aliphatic rings. The summed E-state index contributed by atoms with van der Waals surface area (Å²) in [4.78, 5) is 64.5. The topological polar surface area (TPSA) is 486 Å². The summed E-state index contributed by atoms with van der Waals surface area (Å²) in [5.74, 6) is -2.07. The van der Waals surface area contributed by atoms with Crippen molar-refractivity contribution in [1.82, 2.24) is 31.5 Å². The molecule has 4 aliphatic heterocycles. The molecule has 4 fully saturated rings. The lowest BCUT2D eigenvalue weighted by molar-refractivity contribution is -0.366. The Balaban J connectivity index is 1.28. The number of carbonyl (C=O) groups excluding carboxylic acids is 5. The Morgan fingerprint density at radius 2 is 0.848 bits per heavy atom. The number of nitrogens with zero attached hydrogens (tertiary/aromatic N) is 1. The molecule has 0 aromatic rings.